The van der Waals surface area contributed by atoms with E-state index in [1.807, 2.05) is 23.1 Å². The van der Waals surface area contributed by atoms with Gasteiger partial charge in [0, 0.05) is 43.4 Å². The van der Waals surface area contributed by atoms with Crippen LogP contribution in [0.15, 0.2) is 69.9 Å². The van der Waals surface area contributed by atoms with Gasteiger partial charge in [0.2, 0.25) is 11.2 Å². The van der Waals surface area contributed by atoms with Crippen molar-refractivity contribution in [3.05, 3.63) is 87.2 Å². The quantitative estimate of drug-likeness (QED) is 0.264. The molecular weight excluding hydrogens is 549 g/mol. The lowest BCUT2D eigenvalue weighted by Gasteiger charge is -2.36. The summed E-state index contributed by atoms with van der Waals surface area (Å²) in [7, 11) is 0. The Kier molecular flexibility index (Phi) is 7.82. The third-order valence-electron chi connectivity index (χ3n) is 6.64. The molecule has 4 aromatic rings. The van der Waals surface area contributed by atoms with E-state index in [2.05, 4.69) is 4.90 Å². The molecule has 0 atom stereocenters. The third-order valence-corrected chi connectivity index (χ3v) is 6.88. The number of para-hydroxylation sites is 2. The van der Waals surface area contributed by atoms with Gasteiger partial charge in [-0.15, -0.1) is 0 Å². The van der Waals surface area contributed by atoms with Crippen molar-refractivity contribution in [2.24, 2.45) is 0 Å². The largest absolute Gasteiger partial charge is 0.507 e. The summed E-state index contributed by atoms with van der Waals surface area (Å²) in [6, 6.07) is 16.1. The van der Waals surface area contributed by atoms with Crippen LogP contribution in [0.25, 0.3) is 11.0 Å². The molecule has 0 unspecified atom stereocenters. The summed E-state index contributed by atoms with van der Waals surface area (Å²) in [5.74, 6) is -2.73. The molecule has 1 fully saturated rings. The molecule has 0 aliphatic carbocycles. The summed E-state index contributed by atoms with van der Waals surface area (Å²) in [4.78, 5) is 17.5. The van der Waals surface area contributed by atoms with Crippen molar-refractivity contribution in [1.82, 2.24) is 4.90 Å². The van der Waals surface area contributed by atoms with Crippen LogP contribution >= 0.6 is 11.6 Å². The summed E-state index contributed by atoms with van der Waals surface area (Å²) >= 11 is 6.11. The number of alkyl halides is 3. The molecule has 1 aliphatic heterocycles. The second-order valence-corrected chi connectivity index (χ2v) is 9.69. The highest BCUT2D eigenvalue weighted by Gasteiger charge is 2.41. The van der Waals surface area contributed by atoms with Crippen LogP contribution in [0.4, 0.5) is 18.9 Å². The van der Waals surface area contributed by atoms with E-state index in [1.54, 1.807) is 25.1 Å². The van der Waals surface area contributed by atoms with Gasteiger partial charge < -0.3 is 23.9 Å². The minimum absolute atomic E-state index is 0.0573. The van der Waals surface area contributed by atoms with Crippen molar-refractivity contribution in [2.45, 2.75) is 19.6 Å². The van der Waals surface area contributed by atoms with E-state index in [1.165, 1.54) is 24.3 Å². The molecule has 3 aromatic carbocycles. The molecule has 0 radical (unpaired) electrons. The average molecular weight is 575 g/mol. The number of hydrogen-bond donors (Lipinski definition) is 1. The number of rotatable bonds is 7. The summed E-state index contributed by atoms with van der Waals surface area (Å²) in [5, 5.41) is 11.1. The van der Waals surface area contributed by atoms with Crippen LogP contribution in [-0.2, 0) is 12.7 Å². The normalized spacial score (nSPS) is 14.5. The zero-order valence-corrected chi connectivity index (χ0v) is 22.3. The van der Waals surface area contributed by atoms with Gasteiger partial charge in [0.1, 0.15) is 11.3 Å². The number of hydrogen-bond acceptors (Lipinski definition) is 7. The smallest absolute Gasteiger partial charge is 0.453 e. The Morgan fingerprint density at radius 1 is 1.00 bits per heavy atom. The highest BCUT2D eigenvalue weighted by atomic mass is 35.5. The van der Waals surface area contributed by atoms with Crippen molar-refractivity contribution < 1.29 is 32.2 Å². The standard InChI is InChI=1S/C29H26ClF3N2O5/c1-2-38-23-8-3-4-9-24(23)39-27-25(37)20-10-11-22(36)21(26(20)40-28(27)29(31,32)33)17-34-12-14-35(15-13-34)19-7-5-6-18(30)16-19/h3-11,16,36H,2,12-15,17H2,1H3. The molecule has 1 aromatic heterocycles. The maximum Gasteiger partial charge on any atom is 0.453 e. The number of anilines is 1. The highest BCUT2D eigenvalue weighted by Crippen LogP contribution is 2.41. The van der Waals surface area contributed by atoms with Crippen LogP contribution < -0.4 is 19.8 Å². The fourth-order valence-corrected chi connectivity index (χ4v) is 4.88. The van der Waals surface area contributed by atoms with Crippen molar-refractivity contribution in [3.8, 4) is 23.0 Å². The topological polar surface area (TPSA) is 75.4 Å². The van der Waals surface area contributed by atoms with E-state index >= 15 is 0 Å². The first kappa shape index (κ1) is 27.7. The molecule has 0 bridgehead atoms. The van der Waals surface area contributed by atoms with Crippen LogP contribution in [-0.4, -0.2) is 42.8 Å². The molecule has 0 spiro atoms. The maximum atomic E-state index is 14.2. The van der Waals surface area contributed by atoms with Crippen molar-refractivity contribution in [2.75, 3.05) is 37.7 Å². The van der Waals surface area contributed by atoms with Gasteiger partial charge in [0.05, 0.1) is 17.6 Å². The minimum atomic E-state index is -5.05. The molecule has 7 nitrogen and oxygen atoms in total. The molecule has 11 heteroatoms. The monoisotopic (exact) mass is 574 g/mol. The molecule has 0 saturated carbocycles. The minimum Gasteiger partial charge on any atom is -0.507 e. The van der Waals surface area contributed by atoms with Crippen molar-refractivity contribution >= 4 is 28.3 Å². The van der Waals surface area contributed by atoms with E-state index in [4.69, 9.17) is 25.5 Å². The van der Waals surface area contributed by atoms with Crippen LogP contribution in [0.1, 0.15) is 18.2 Å². The van der Waals surface area contributed by atoms with Crippen LogP contribution in [0.3, 0.4) is 0 Å². The SMILES string of the molecule is CCOc1ccccc1Oc1c(C(F)(F)F)oc2c(CN3CCN(c4cccc(Cl)c4)CC3)c(O)ccc2c1=O. The van der Waals surface area contributed by atoms with Gasteiger partial charge in [0.25, 0.3) is 5.76 Å². The number of fused-ring (bicyclic) bond motifs is 1. The number of benzene rings is 3. The predicted octanol–water partition coefficient (Wildman–Crippen LogP) is 6.68. The fourth-order valence-electron chi connectivity index (χ4n) is 4.70. The molecule has 5 rings (SSSR count). The van der Waals surface area contributed by atoms with Crippen LogP contribution in [0, 0.1) is 0 Å². The van der Waals surface area contributed by atoms with E-state index in [-0.39, 0.29) is 46.9 Å². The van der Waals surface area contributed by atoms with Gasteiger partial charge in [0.15, 0.2) is 11.5 Å². The molecule has 210 valence electrons. The molecule has 1 N–H and O–H groups in total. The molecular formula is C29H26ClF3N2O5. The van der Waals surface area contributed by atoms with E-state index in [0.717, 1.165) is 5.69 Å². The summed E-state index contributed by atoms with van der Waals surface area (Å²) < 4.78 is 58.9. The molecule has 2 heterocycles. The number of phenolic OH excluding ortho intramolecular Hbond substituents is 1. The van der Waals surface area contributed by atoms with Gasteiger partial charge in [-0.3, -0.25) is 9.69 Å². The summed E-state index contributed by atoms with van der Waals surface area (Å²) in [6.07, 6.45) is -5.05. The number of phenols is 1. The Balaban J connectivity index is 1.49. The lowest BCUT2D eigenvalue weighted by molar-refractivity contribution is -0.154. The number of nitrogens with zero attached hydrogens (tertiary/aromatic N) is 2. The van der Waals surface area contributed by atoms with Gasteiger partial charge in [-0.2, -0.15) is 13.2 Å². The van der Waals surface area contributed by atoms with Gasteiger partial charge in [-0.25, -0.2) is 0 Å². The summed E-state index contributed by atoms with van der Waals surface area (Å²) in [6.45, 7) is 4.45. The number of aromatic hydroxyl groups is 1. The lowest BCUT2D eigenvalue weighted by atomic mass is 10.1. The third kappa shape index (κ3) is 5.68. The Labute approximate surface area is 232 Å². The van der Waals surface area contributed by atoms with Crippen molar-refractivity contribution in [1.29, 1.82) is 0 Å². The number of piperazine rings is 1. The van der Waals surface area contributed by atoms with E-state index in [0.29, 0.717) is 31.2 Å². The van der Waals surface area contributed by atoms with Crippen LogP contribution in [0.2, 0.25) is 5.02 Å². The van der Waals surface area contributed by atoms with Gasteiger partial charge in [-0.05, 0) is 49.4 Å². The van der Waals surface area contributed by atoms with E-state index < -0.39 is 23.1 Å². The first-order valence-electron chi connectivity index (χ1n) is 12.7. The van der Waals surface area contributed by atoms with Crippen molar-refractivity contribution in [3.63, 3.8) is 0 Å². The average Bonchev–Trinajstić information content (AvgIpc) is 2.92. The second-order valence-electron chi connectivity index (χ2n) is 9.25. The Bertz CT molecular complexity index is 1580. The first-order chi connectivity index (χ1) is 19.2. The molecule has 1 aliphatic rings. The first-order valence-corrected chi connectivity index (χ1v) is 13.0. The number of ether oxygens (including phenoxy) is 2. The maximum absolute atomic E-state index is 14.2. The predicted molar refractivity (Wildman–Crippen MR) is 146 cm³/mol. The Morgan fingerprint density at radius 2 is 1.73 bits per heavy atom. The zero-order chi connectivity index (χ0) is 28.4. The highest BCUT2D eigenvalue weighted by molar-refractivity contribution is 6.30. The Hall–Kier alpha value is -3.89. The Morgan fingerprint density at radius 3 is 2.40 bits per heavy atom. The number of halogens is 4. The van der Waals surface area contributed by atoms with Gasteiger partial charge >= 0.3 is 6.18 Å². The summed E-state index contributed by atoms with van der Waals surface area (Å²) in [5.41, 5.74) is -0.274. The zero-order valence-electron chi connectivity index (χ0n) is 21.5. The lowest BCUT2D eigenvalue weighted by Crippen LogP contribution is -2.46. The molecule has 40 heavy (non-hydrogen) atoms. The second kappa shape index (κ2) is 11.3. The molecule has 0 amide bonds. The van der Waals surface area contributed by atoms with Gasteiger partial charge in [-0.1, -0.05) is 29.8 Å². The van der Waals surface area contributed by atoms with E-state index in [9.17, 15) is 23.1 Å². The fraction of sp³-hybridized carbons (Fsp3) is 0.276. The van der Waals surface area contributed by atoms with Crippen LogP contribution in [0.5, 0.6) is 23.0 Å². The molecule has 1 saturated heterocycles.